The number of hydrogen-bond donors (Lipinski definition) is 0. The molecular formula is C8H6N2. The Hall–Kier alpha value is -1.18. The molecule has 2 nitrogen and oxygen atoms in total. The molecule has 2 heteroatoms. The van der Waals surface area contributed by atoms with E-state index in [2.05, 4.69) is 9.98 Å². The van der Waals surface area contributed by atoms with Crippen LogP contribution < -0.4 is 0 Å². The van der Waals surface area contributed by atoms with Gasteiger partial charge in [-0.25, -0.2) is 0 Å². The Kier molecular flexibility index (Phi) is 0.592. The smallest absolute Gasteiger partial charge is 0.0506 e. The Bertz CT molecular complexity index is 329. The zero-order chi connectivity index (χ0) is 6.55. The van der Waals surface area contributed by atoms with Gasteiger partial charge in [0.05, 0.1) is 11.4 Å². The summed E-state index contributed by atoms with van der Waals surface area (Å²) in [6.45, 7) is 0. The minimum Gasteiger partial charge on any atom is -0.263 e. The maximum Gasteiger partial charge on any atom is 0.0506 e. The molecule has 0 amide bonds. The van der Waals surface area contributed by atoms with E-state index < -0.39 is 0 Å². The summed E-state index contributed by atoms with van der Waals surface area (Å²) < 4.78 is 0. The molecule has 3 aliphatic heterocycles. The minimum absolute atomic E-state index is 1.13. The third-order valence-corrected chi connectivity index (χ3v) is 2.19. The summed E-state index contributed by atoms with van der Waals surface area (Å²) in [5.74, 6) is 0. The van der Waals surface area contributed by atoms with Crippen molar-refractivity contribution in [3.8, 4) is 0 Å². The van der Waals surface area contributed by atoms with Gasteiger partial charge >= 0.3 is 0 Å². The van der Waals surface area contributed by atoms with Gasteiger partial charge in [-0.15, -0.1) is 0 Å². The van der Waals surface area contributed by atoms with E-state index in [1.807, 2.05) is 12.4 Å². The van der Waals surface area contributed by atoms with E-state index in [0.717, 1.165) is 12.8 Å². The summed E-state index contributed by atoms with van der Waals surface area (Å²) in [6, 6.07) is 0. The first-order valence-corrected chi connectivity index (χ1v) is 3.50. The van der Waals surface area contributed by atoms with Crippen LogP contribution in [-0.4, -0.2) is 11.9 Å². The van der Waals surface area contributed by atoms with Crippen LogP contribution in [0.3, 0.4) is 0 Å². The average Bonchev–Trinajstić information content (AvgIpc) is 2.60. The second-order valence-electron chi connectivity index (χ2n) is 2.74. The topological polar surface area (TPSA) is 24.7 Å². The Morgan fingerprint density at radius 2 is 2.30 bits per heavy atom. The van der Waals surface area contributed by atoms with Crippen molar-refractivity contribution < 1.29 is 0 Å². The second-order valence-corrected chi connectivity index (χ2v) is 2.74. The number of hydrogen-bond acceptors (Lipinski definition) is 2. The van der Waals surface area contributed by atoms with Crippen molar-refractivity contribution in [2.75, 3.05) is 0 Å². The van der Waals surface area contributed by atoms with Gasteiger partial charge in [0.25, 0.3) is 0 Å². The zero-order valence-electron chi connectivity index (χ0n) is 5.46. The molecule has 0 fully saturated rings. The SMILES string of the molecule is C1=NC=C2C3=NC(=C12)CC3. The summed E-state index contributed by atoms with van der Waals surface area (Å²) in [4.78, 5) is 8.50. The normalized spacial score (nSPS) is 25.6. The van der Waals surface area contributed by atoms with E-state index >= 15 is 0 Å². The molecular weight excluding hydrogens is 124 g/mol. The summed E-state index contributed by atoms with van der Waals surface area (Å²) in [7, 11) is 0. The van der Waals surface area contributed by atoms with Crippen molar-refractivity contribution in [3.63, 3.8) is 0 Å². The Balaban J connectivity index is 2.35. The standard InChI is InChI=1S/C8H6N2/c1-2-8-6-4-9-3-5(6)7(1)10-8/h3-4H,1-2H2. The van der Waals surface area contributed by atoms with Crippen molar-refractivity contribution >= 4 is 11.9 Å². The maximum atomic E-state index is 4.42. The van der Waals surface area contributed by atoms with Crippen LogP contribution in [-0.2, 0) is 0 Å². The van der Waals surface area contributed by atoms with Crippen LogP contribution in [0.1, 0.15) is 12.8 Å². The first-order chi connectivity index (χ1) is 4.95. The monoisotopic (exact) mass is 130 g/mol. The lowest BCUT2D eigenvalue weighted by molar-refractivity contribution is 1.04. The lowest BCUT2D eigenvalue weighted by Crippen LogP contribution is -2.01. The van der Waals surface area contributed by atoms with Crippen LogP contribution in [0.4, 0.5) is 0 Å². The van der Waals surface area contributed by atoms with Crippen molar-refractivity contribution in [2.24, 2.45) is 9.98 Å². The van der Waals surface area contributed by atoms with Gasteiger partial charge < -0.3 is 0 Å². The van der Waals surface area contributed by atoms with Crippen LogP contribution in [0.15, 0.2) is 33.0 Å². The van der Waals surface area contributed by atoms with Crippen LogP contribution in [0.25, 0.3) is 0 Å². The van der Waals surface area contributed by atoms with E-state index in [1.54, 1.807) is 0 Å². The fourth-order valence-electron chi connectivity index (χ4n) is 1.69. The molecule has 2 bridgehead atoms. The third-order valence-electron chi connectivity index (χ3n) is 2.19. The highest BCUT2D eigenvalue weighted by Gasteiger charge is 2.29. The Labute approximate surface area is 58.7 Å². The largest absolute Gasteiger partial charge is 0.263 e. The van der Waals surface area contributed by atoms with Crippen molar-refractivity contribution in [2.45, 2.75) is 12.8 Å². The van der Waals surface area contributed by atoms with Gasteiger partial charge in [-0.2, -0.15) is 0 Å². The quantitative estimate of drug-likeness (QED) is 0.474. The number of allylic oxidation sites excluding steroid dienone is 3. The van der Waals surface area contributed by atoms with Gasteiger partial charge in [-0.05, 0) is 12.8 Å². The van der Waals surface area contributed by atoms with Crippen LogP contribution in [0.2, 0.25) is 0 Å². The van der Waals surface area contributed by atoms with Gasteiger partial charge in [0.15, 0.2) is 0 Å². The molecule has 0 aromatic rings. The van der Waals surface area contributed by atoms with Crippen LogP contribution in [0, 0.1) is 0 Å². The summed E-state index contributed by atoms with van der Waals surface area (Å²) in [6.07, 6.45) is 6.10. The molecule has 0 N–H and O–H groups in total. The molecule has 0 spiro atoms. The summed E-state index contributed by atoms with van der Waals surface area (Å²) >= 11 is 0. The molecule has 3 aliphatic rings. The zero-order valence-corrected chi connectivity index (χ0v) is 5.46. The van der Waals surface area contributed by atoms with Crippen LogP contribution in [0.5, 0.6) is 0 Å². The number of fused-ring (bicyclic) bond motifs is 3. The predicted octanol–water partition coefficient (Wildman–Crippen LogP) is 1.46. The Morgan fingerprint density at radius 1 is 1.30 bits per heavy atom. The van der Waals surface area contributed by atoms with Crippen LogP contribution >= 0.6 is 0 Å². The minimum atomic E-state index is 1.13. The molecule has 0 unspecified atom stereocenters. The van der Waals surface area contributed by atoms with Gasteiger partial charge in [0.2, 0.25) is 0 Å². The van der Waals surface area contributed by atoms with Crippen molar-refractivity contribution in [1.82, 2.24) is 0 Å². The van der Waals surface area contributed by atoms with E-state index in [0.29, 0.717) is 0 Å². The highest BCUT2D eigenvalue weighted by molar-refractivity contribution is 6.17. The summed E-state index contributed by atoms with van der Waals surface area (Å²) in [5.41, 5.74) is 5.06. The first-order valence-electron chi connectivity index (χ1n) is 3.50. The fourth-order valence-corrected chi connectivity index (χ4v) is 1.69. The Morgan fingerprint density at radius 3 is 3.20 bits per heavy atom. The third kappa shape index (κ3) is 0.347. The highest BCUT2D eigenvalue weighted by atomic mass is 14.9. The molecule has 0 aromatic carbocycles. The predicted molar refractivity (Wildman–Crippen MR) is 40.3 cm³/mol. The van der Waals surface area contributed by atoms with Gasteiger partial charge in [0, 0.05) is 23.6 Å². The van der Waals surface area contributed by atoms with Gasteiger partial charge in [-0.1, -0.05) is 0 Å². The number of rotatable bonds is 0. The lowest BCUT2D eigenvalue weighted by Gasteiger charge is -2.02. The molecule has 0 aromatic heterocycles. The molecule has 0 atom stereocenters. The number of nitrogens with zero attached hydrogens (tertiary/aromatic N) is 2. The molecule has 3 rings (SSSR count). The van der Waals surface area contributed by atoms with E-state index in [4.69, 9.17) is 0 Å². The molecule has 10 heavy (non-hydrogen) atoms. The van der Waals surface area contributed by atoms with E-state index in [9.17, 15) is 0 Å². The molecule has 0 saturated carbocycles. The number of aliphatic imine (C=N–C) groups is 2. The van der Waals surface area contributed by atoms with E-state index in [-0.39, 0.29) is 0 Å². The first kappa shape index (κ1) is 4.61. The molecule has 0 saturated heterocycles. The molecule has 3 heterocycles. The second kappa shape index (κ2) is 1.29. The van der Waals surface area contributed by atoms with Crippen molar-refractivity contribution in [3.05, 3.63) is 23.0 Å². The lowest BCUT2D eigenvalue weighted by atomic mass is 9.96. The maximum absolute atomic E-state index is 4.42. The van der Waals surface area contributed by atoms with E-state index in [1.165, 1.54) is 22.6 Å². The average molecular weight is 130 g/mol. The van der Waals surface area contributed by atoms with Crippen molar-refractivity contribution in [1.29, 1.82) is 0 Å². The van der Waals surface area contributed by atoms with Gasteiger partial charge in [-0.3, -0.25) is 9.98 Å². The highest BCUT2D eigenvalue weighted by Crippen LogP contribution is 2.37. The molecule has 0 radical (unpaired) electrons. The fraction of sp³-hybridized carbons (Fsp3) is 0.250. The summed E-state index contributed by atoms with van der Waals surface area (Å²) in [5, 5.41) is 0. The molecule has 48 valence electrons. The molecule has 0 aliphatic carbocycles. The van der Waals surface area contributed by atoms with Gasteiger partial charge in [0.1, 0.15) is 0 Å².